The fourth-order valence-electron chi connectivity index (χ4n) is 2.08. The van der Waals surface area contributed by atoms with Crippen LogP contribution in [-0.4, -0.2) is 16.6 Å². The zero-order valence-electron chi connectivity index (χ0n) is 13.8. The van der Waals surface area contributed by atoms with Crippen molar-refractivity contribution in [3.05, 3.63) is 76.8 Å². The molecular formula is C19H12BrF5O3. The number of aromatic hydroxyl groups is 2. The van der Waals surface area contributed by atoms with Crippen molar-refractivity contribution in [2.75, 3.05) is 0 Å². The summed E-state index contributed by atoms with van der Waals surface area (Å²) in [6.07, 6.45) is -4.81. The summed E-state index contributed by atoms with van der Waals surface area (Å²) in [7, 11) is 0. The first-order chi connectivity index (χ1) is 13.0. The molecule has 0 fully saturated rings. The van der Waals surface area contributed by atoms with Gasteiger partial charge in [-0.3, -0.25) is 0 Å². The fourth-order valence-corrected chi connectivity index (χ4v) is 2.45. The highest BCUT2D eigenvalue weighted by molar-refractivity contribution is 9.10. The minimum absolute atomic E-state index is 0.00683. The smallest absolute Gasteiger partial charge is 0.508 e. The molecule has 0 radical (unpaired) electrons. The summed E-state index contributed by atoms with van der Waals surface area (Å²) in [5.41, 5.74) is 0.169. The molecule has 3 aromatic rings. The van der Waals surface area contributed by atoms with E-state index < -0.39 is 17.9 Å². The maximum absolute atomic E-state index is 13.6. The minimum Gasteiger partial charge on any atom is -0.508 e. The van der Waals surface area contributed by atoms with Crippen molar-refractivity contribution in [3.8, 4) is 28.4 Å². The average molecular weight is 463 g/mol. The van der Waals surface area contributed by atoms with Gasteiger partial charge in [0.1, 0.15) is 28.9 Å². The Balaban J connectivity index is 0.000000261. The first kappa shape index (κ1) is 21.5. The Labute approximate surface area is 164 Å². The van der Waals surface area contributed by atoms with Gasteiger partial charge in [0, 0.05) is 5.56 Å². The third-order valence-corrected chi connectivity index (χ3v) is 3.84. The van der Waals surface area contributed by atoms with E-state index in [1.54, 1.807) is 0 Å². The Morgan fingerprint density at radius 1 is 0.786 bits per heavy atom. The number of benzene rings is 3. The molecule has 3 rings (SSSR count). The van der Waals surface area contributed by atoms with Crippen molar-refractivity contribution in [3.63, 3.8) is 0 Å². The van der Waals surface area contributed by atoms with Crippen LogP contribution in [0.4, 0.5) is 22.0 Å². The molecule has 3 nitrogen and oxygen atoms in total. The molecule has 3 aromatic carbocycles. The van der Waals surface area contributed by atoms with E-state index in [4.69, 9.17) is 5.11 Å². The maximum Gasteiger partial charge on any atom is 0.573 e. The summed E-state index contributed by atoms with van der Waals surface area (Å²) >= 11 is 2.91. The predicted molar refractivity (Wildman–Crippen MR) is 95.9 cm³/mol. The highest BCUT2D eigenvalue weighted by Crippen LogP contribution is 2.31. The van der Waals surface area contributed by atoms with E-state index in [0.29, 0.717) is 0 Å². The third-order valence-electron chi connectivity index (χ3n) is 3.23. The van der Waals surface area contributed by atoms with E-state index in [-0.39, 0.29) is 32.9 Å². The van der Waals surface area contributed by atoms with Crippen LogP contribution in [0.25, 0.3) is 11.1 Å². The number of rotatable bonds is 2. The van der Waals surface area contributed by atoms with Crippen LogP contribution in [0.5, 0.6) is 17.2 Å². The van der Waals surface area contributed by atoms with Crippen LogP contribution in [0.1, 0.15) is 0 Å². The Morgan fingerprint density at radius 2 is 1.39 bits per heavy atom. The molecule has 0 aliphatic rings. The van der Waals surface area contributed by atoms with Crippen LogP contribution in [0.3, 0.4) is 0 Å². The second-order valence-corrected chi connectivity index (χ2v) is 6.19. The number of alkyl halides is 3. The second kappa shape index (κ2) is 8.92. The van der Waals surface area contributed by atoms with Crippen molar-refractivity contribution < 1.29 is 36.9 Å². The number of phenolic OH excluding ortho intramolecular Hbond substituents is 2. The number of hydrogen-bond acceptors (Lipinski definition) is 3. The zero-order chi connectivity index (χ0) is 20.9. The van der Waals surface area contributed by atoms with Gasteiger partial charge < -0.3 is 14.9 Å². The molecule has 0 aromatic heterocycles. The van der Waals surface area contributed by atoms with E-state index >= 15 is 0 Å². The summed E-state index contributed by atoms with van der Waals surface area (Å²) in [4.78, 5) is 0. The molecule has 0 spiro atoms. The van der Waals surface area contributed by atoms with E-state index in [1.807, 2.05) is 0 Å². The molecule has 0 amide bonds. The molecule has 9 heteroatoms. The molecule has 28 heavy (non-hydrogen) atoms. The van der Waals surface area contributed by atoms with E-state index in [0.717, 1.165) is 30.3 Å². The molecular weight excluding hydrogens is 451 g/mol. The molecule has 0 aliphatic carbocycles. The lowest BCUT2D eigenvalue weighted by Gasteiger charge is -2.10. The molecule has 0 saturated heterocycles. The first-order valence-electron chi connectivity index (χ1n) is 7.54. The second-order valence-electron chi connectivity index (χ2n) is 5.34. The molecule has 0 bridgehead atoms. The average Bonchev–Trinajstić information content (AvgIpc) is 2.60. The lowest BCUT2D eigenvalue weighted by Crippen LogP contribution is -2.17. The summed E-state index contributed by atoms with van der Waals surface area (Å²) < 4.78 is 66.2. The molecule has 2 N–H and O–H groups in total. The van der Waals surface area contributed by atoms with Gasteiger partial charge in [-0.25, -0.2) is 8.78 Å². The van der Waals surface area contributed by atoms with Crippen LogP contribution in [0, 0.1) is 11.6 Å². The van der Waals surface area contributed by atoms with Gasteiger partial charge in [0.25, 0.3) is 0 Å². The van der Waals surface area contributed by atoms with Crippen molar-refractivity contribution >= 4 is 15.9 Å². The summed E-state index contributed by atoms with van der Waals surface area (Å²) in [5.74, 6) is -1.59. The van der Waals surface area contributed by atoms with Crippen LogP contribution < -0.4 is 4.74 Å². The lowest BCUT2D eigenvalue weighted by molar-refractivity contribution is -0.274. The summed E-state index contributed by atoms with van der Waals surface area (Å²) in [6, 6.07) is 12.0. The van der Waals surface area contributed by atoms with E-state index in [1.165, 1.54) is 30.3 Å². The Morgan fingerprint density at radius 3 is 1.96 bits per heavy atom. The summed E-state index contributed by atoms with van der Waals surface area (Å²) in [6.45, 7) is 0. The van der Waals surface area contributed by atoms with Crippen molar-refractivity contribution in [1.82, 2.24) is 0 Å². The van der Waals surface area contributed by atoms with Crippen molar-refractivity contribution in [2.24, 2.45) is 0 Å². The third kappa shape index (κ3) is 6.41. The van der Waals surface area contributed by atoms with E-state index in [9.17, 15) is 27.1 Å². The Bertz CT molecular complexity index is 961. The molecule has 148 valence electrons. The molecule has 0 aliphatic heterocycles. The van der Waals surface area contributed by atoms with Gasteiger partial charge in [-0.05, 0) is 70.0 Å². The van der Waals surface area contributed by atoms with Crippen LogP contribution in [0.2, 0.25) is 0 Å². The molecule has 0 atom stereocenters. The van der Waals surface area contributed by atoms with Gasteiger partial charge >= 0.3 is 6.36 Å². The number of hydrogen-bond donors (Lipinski definition) is 2. The summed E-state index contributed by atoms with van der Waals surface area (Å²) in [5, 5.41) is 18.0. The monoisotopic (exact) mass is 462 g/mol. The zero-order valence-corrected chi connectivity index (χ0v) is 15.4. The predicted octanol–water partition coefficient (Wildman–Crippen LogP) is 6.39. The molecule has 0 heterocycles. The fraction of sp³-hybridized carbons (Fsp3) is 0.0526. The minimum atomic E-state index is -4.81. The lowest BCUT2D eigenvalue weighted by atomic mass is 10.0. The van der Waals surface area contributed by atoms with Gasteiger partial charge in [-0.15, -0.1) is 13.2 Å². The van der Waals surface area contributed by atoms with Crippen LogP contribution in [-0.2, 0) is 0 Å². The first-order valence-corrected chi connectivity index (χ1v) is 8.33. The SMILES string of the molecule is Oc1ccc(F)c(-c2cccc(OC(F)(F)F)c2)c1.Oc1ccc(F)c(Br)c1. The highest BCUT2D eigenvalue weighted by Gasteiger charge is 2.31. The maximum atomic E-state index is 13.6. The number of ether oxygens (including phenoxy) is 1. The highest BCUT2D eigenvalue weighted by atomic mass is 79.9. The van der Waals surface area contributed by atoms with Gasteiger partial charge in [0.15, 0.2) is 0 Å². The van der Waals surface area contributed by atoms with Crippen LogP contribution in [0.15, 0.2) is 65.1 Å². The van der Waals surface area contributed by atoms with Gasteiger partial charge in [0.2, 0.25) is 0 Å². The van der Waals surface area contributed by atoms with Gasteiger partial charge in [-0.2, -0.15) is 0 Å². The van der Waals surface area contributed by atoms with Crippen molar-refractivity contribution in [1.29, 1.82) is 0 Å². The number of halogens is 6. The topological polar surface area (TPSA) is 49.7 Å². The molecule has 0 unspecified atom stereocenters. The van der Waals surface area contributed by atoms with Gasteiger partial charge in [0.05, 0.1) is 4.47 Å². The van der Waals surface area contributed by atoms with Gasteiger partial charge in [-0.1, -0.05) is 12.1 Å². The quantitative estimate of drug-likeness (QED) is 0.433. The number of phenols is 2. The normalized spacial score (nSPS) is 10.8. The largest absolute Gasteiger partial charge is 0.573 e. The Hall–Kier alpha value is -2.81. The Kier molecular flexibility index (Phi) is 6.85. The van der Waals surface area contributed by atoms with E-state index in [2.05, 4.69) is 20.7 Å². The van der Waals surface area contributed by atoms with Crippen LogP contribution >= 0.6 is 15.9 Å². The standard InChI is InChI=1S/C13H8F4O2.C6H4BrFO/c14-12-5-4-9(18)7-11(12)8-2-1-3-10(6-8)19-13(15,16)17;7-5-3-4(9)1-2-6(5)8/h1-7,18H;1-3,9H. The van der Waals surface area contributed by atoms with Crippen molar-refractivity contribution in [2.45, 2.75) is 6.36 Å². The molecule has 0 saturated carbocycles.